The third-order valence-electron chi connectivity index (χ3n) is 3.60. The van der Waals surface area contributed by atoms with Gasteiger partial charge in [0.05, 0.1) is 0 Å². The third kappa shape index (κ3) is 4.25. The first-order valence-electron chi connectivity index (χ1n) is 6.67. The highest BCUT2D eigenvalue weighted by atomic mass is 35.5. The van der Waals surface area contributed by atoms with Gasteiger partial charge in [-0.15, -0.1) is 0 Å². The highest BCUT2D eigenvalue weighted by Crippen LogP contribution is 2.21. The number of likely N-dealkylation sites (tertiary alicyclic amines) is 1. The fourth-order valence-electron chi connectivity index (χ4n) is 2.32. The molecule has 0 aromatic heterocycles. The van der Waals surface area contributed by atoms with E-state index in [1.807, 2.05) is 0 Å². The first kappa shape index (κ1) is 15.9. The Morgan fingerprint density at radius 2 is 1.95 bits per heavy atom. The van der Waals surface area contributed by atoms with E-state index in [2.05, 4.69) is 5.32 Å². The third-order valence-corrected chi connectivity index (χ3v) is 4.19. The van der Waals surface area contributed by atoms with Gasteiger partial charge in [-0.3, -0.25) is 4.79 Å². The molecule has 0 radical (unpaired) electrons. The number of piperidine rings is 1. The van der Waals surface area contributed by atoms with Crippen LogP contribution in [0.1, 0.15) is 18.4 Å². The summed E-state index contributed by atoms with van der Waals surface area (Å²) in [5.74, 6) is -0.210. The first-order valence-corrected chi connectivity index (χ1v) is 7.42. The van der Waals surface area contributed by atoms with Gasteiger partial charge in [0.1, 0.15) is 0 Å². The molecule has 114 valence electrons. The van der Waals surface area contributed by atoms with E-state index < -0.39 is 6.09 Å². The van der Waals surface area contributed by atoms with Crippen LogP contribution in [-0.4, -0.2) is 35.1 Å². The van der Waals surface area contributed by atoms with E-state index in [1.54, 1.807) is 18.2 Å². The van der Waals surface area contributed by atoms with E-state index in [4.69, 9.17) is 28.3 Å². The van der Waals surface area contributed by atoms with Gasteiger partial charge in [0.2, 0.25) is 5.91 Å². The summed E-state index contributed by atoms with van der Waals surface area (Å²) in [4.78, 5) is 24.2. The molecule has 2 rings (SSSR count). The summed E-state index contributed by atoms with van der Waals surface area (Å²) in [5, 5.41) is 12.8. The van der Waals surface area contributed by atoms with Crippen molar-refractivity contribution in [1.29, 1.82) is 0 Å². The van der Waals surface area contributed by atoms with Crippen LogP contribution in [0, 0.1) is 5.92 Å². The average Bonchev–Trinajstić information content (AvgIpc) is 2.46. The number of nitrogens with one attached hydrogen (secondary N) is 1. The van der Waals surface area contributed by atoms with Crippen LogP contribution in [0.25, 0.3) is 0 Å². The number of rotatable bonds is 3. The van der Waals surface area contributed by atoms with Crippen LogP contribution in [0.2, 0.25) is 10.0 Å². The summed E-state index contributed by atoms with van der Waals surface area (Å²) < 4.78 is 0. The lowest BCUT2D eigenvalue weighted by atomic mass is 9.96. The number of benzene rings is 1. The van der Waals surface area contributed by atoms with E-state index in [0.717, 1.165) is 5.56 Å². The number of hydrogen-bond donors (Lipinski definition) is 2. The zero-order valence-electron chi connectivity index (χ0n) is 11.3. The lowest BCUT2D eigenvalue weighted by Gasteiger charge is -2.29. The smallest absolute Gasteiger partial charge is 0.407 e. The molecule has 2 amide bonds. The first-order chi connectivity index (χ1) is 9.97. The summed E-state index contributed by atoms with van der Waals surface area (Å²) in [5.41, 5.74) is 0.803. The van der Waals surface area contributed by atoms with Crippen molar-refractivity contribution in [3.63, 3.8) is 0 Å². The van der Waals surface area contributed by atoms with Crippen molar-refractivity contribution in [3.05, 3.63) is 33.8 Å². The molecule has 7 heteroatoms. The van der Waals surface area contributed by atoms with Gasteiger partial charge < -0.3 is 15.3 Å². The quantitative estimate of drug-likeness (QED) is 0.894. The Labute approximate surface area is 132 Å². The SMILES string of the molecule is O=C(NCc1ccc(Cl)cc1Cl)C1CCN(C(=O)O)CC1. The van der Waals surface area contributed by atoms with E-state index >= 15 is 0 Å². The molecule has 0 bridgehead atoms. The summed E-state index contributed by atoms with van der Waals surface area (Å²) in [6.07, 6.45) is 0.167. The Kier molecular flexibility index (Phi) is 5.31. The lowest BCUT2D eigenvalue weighted by molar-refractivity contribution is -0.126. The molecule has 21 heavy (non-hydrogen) atoms. The number of nitrogens with zero attached hydrogens (tertiary/aromatic N) is 1. The number of halogens is 2. The minimum atomic E-state index is -0.929. The fourth-order valence-corrected chi connectivity index (χ4v) is 2.80. The van der Waals surface area contributed by atoms with Gasteiger partial charge in [-0.2, -0.15) is 0 Å². The molecule has 0 atom stereocenters. The highest BCUT2D eigenvalue weighted by Gasteiger charge is 2.26. The number of hydrogen-bond acceptors (Lipinski definition) is 2. The predicted octanol–water partition coefficient (Wildman–Crippen LogP) is 3.00. The largest absolute Gasteiger partial charge is 0.465 e. The Hall–Kier alpha value is -1.46. The molecule has 1 aromatic rings. The molecule has 1 fully saturated rings. The second kappa shape index (κ2) is 7.00. The van der Waals surface area contributed by atoms with Gasteiger partial charge >= 0.3 is 6.09 Å². The Morgan fingerprint density at radius 1 is 1.29 bits per heavy atom. The molecule has 2 N–H and O–H groups in total. The average molecular weight is 331 g/mol. The topological polar surface area (TPSA) is 69.6 Å². The molecule has 1 aliphatic heterocycles. The molecule has 0 unspecified atom stereocenters. The standard InChI is InChI=1S/C14H16Cl2N2O3/c15-11-2-1-10(12(16)7-11)8-17-13(19)9-3-5-18(6-4-9)14(20)21/h1-2,7,9H,3-6,8H2,(H,17,19)(H,20,21). The molecular formula is C14H16Cl2N2O3. The lowest BCUT2D eigenvalue weighted by Crippen LogP contribution is -2.42. The molecule has 1 aromatic carbocycles. The molecule has 5 nitrogen and oxygen atoms in total. The van der Waals surface area contributed by atoms with E-state index in [9.17, 15) is 9.59 Å². The van der Waals surface area contributed by atoms with Crippen LogP contribution in [0.15, 0.2) is 18.2 Å². The molecule has 0 spiro atoms. The predicted molar refractivity (Wildman–Crippen MR) is 80.6 cm³/mol. The van der Waals surface area contributed by atoms with Crippen LogP contribution in [0.4, 0.5) is 4.79 Å². The molecular weight excluding hydrogens is 315 g/mol. The Bertz CT molecular complexity index is 543. The monoisotopic (exact) mass is 330 g/mol. The number of carbonyl (C=O) groups excluding carboxylic acids is 1. The summed E-state index contributed by atoms with van der Waals surface area (Å²) in [7, 11) is 0. The second-order valence-corrected chi connectivity index (χ2v) is 5.84. The molecule has 1 aliphatic rings. The maximum atomic E-state index is 12.1. The zero-order valence-corrected chi connectivity index (χ0v) is 12.8. The van der Waals surface area contributed by atoms with Crippen molar-refractivity contribution >= 4 is 35.2 Å². The minimum absolute atomic E-state index is 0.0638. The molecule has 1 heterocycles. The van der Waals surface area contributed by atoms with Crippen molar-refractivity contribution in [3.8, 4) is 0 Å². The maximum Gasteiger partial charge on any atom is 0.407 e. The number of carboxylic acid groups (broad SMARTS) is 1. The van der Waals surface area contributed by atoms with Crippen LogP contribution in [-0.2, 0) is 11.3 Å². The summed E-state index contributed by atoms with van der Waals surface area (Å²) >= 11 is 11.9. The van der Waals surface area contributed by atoms with Crippen molar-refractivity contribution in [2.24, 2.45) is 5.92 Å². The minimum Gasteiger partial charge on any atom is -0.465 e. The van der Waals surface area contributed by atoms with Crippen LogP contribution in [0.3, 0.4) is 0 Å². The van der Waals surface area contributed by atoms with E-state index in [-0.39, 0.29) is 11.8 Å². The Morgan fingerprint density at radius 3 is 2.52 bits per heavy atom. The van der Waals surface area contributed by atoms with Gasteiger partial charge in [-0.25, -0.2) is 4.79 Å². The molecule has 0 aliphatic carbocycles. The van der Waals surface area contributed by atoms with Crippen molar-refractivity contribution in [2.45, 2.75) is 19.4 Å². The second-order valence-electron chi connectivity index (χ2n) is 5.00. The molecule has 1 saturated heterocycles. The van der Waals surface area contributed by atoms with Crippen LogP contribution in [0.5, 0.6) is 0 Å². The number of carbonyl (C=O) groups is 2. The normalized spacial score (nSPS) is 15.8. The number of amides is 2. The van der Waals surface area contributed by atoms with Crippen molar-refractivity contribution in [2.75, 3.05) is 13.1 Å². The van der Waals surface area contributed by atoms with Crippen molar-refractivity contribution < 1.29 is 14.7 Å². The Balaban J connectivity index is 1.84. The maximum absolute atomic E-state index is 12.1. The summed E-state index contributed by atoms with van der Waals surface area (Å²) in [6.45, 7) is 1.14. The highest BCUT2D eigenvalue weighted by molar-refractivity contribution is 6.35. The fraction of sp³-hybridized carbons (Fsp3) is 0.429. The van der Waals surface area contributed by atoms with Gasteiger partial charge in [0, 0.05) is 35.6 Å². The van der Waals surface area contributed by atoms with E-state index in [1.165, 1.54) is 4.90 Å². The van der Waals surface area contributed by atoms with Gasteiger partial charge in [-0.1, -0.05) is 29.3 Å². The summed E-state index contributed by atoms with van der Waals surface area (Å²) in [6, 6.07) is 5.13. The van der Waals surface area contributed by atoms with Crippen molar-refractivity contribution in [1.82, 2.24) is 10.2 Å². The van der Waals surface area contributed by atoms with Gasteiger partial charge in [-0.05, 0) is 30.5 Å². The van der Waals surface area contributed by atoms with Crippen LogP contribution >= 0.6 is 23.2 Å². The molecule has 0 saturated carbocycles. The van der Waals surface area contributed by atoms with Gasteiger partial charge in [0.25, 0.3) is 0 Å². The van der Waals surface area contributed by atoms with Gasteiger partial charge in [0.15, 0.2) is 0 Å². The van der Waals surface area contributed by atoms with E-state index in [0.29, 0.717) is 42.5 Å². The zero-order chi connectivity index (χ0) is 15.4. The van der Waals surface area contributed by atoms with Crippen LogP contribution < -0.4 is 5.32 Å².